The lowest BCUT2D eigenvalue weighted by atomic mass is 9.70. The standard InChI is InChI=1S/C23H33NO2/c1-3-4-15-25-21-16-19(10-11-20(21)26-17-18-8-9-18)23-12-6-5-7-22(23)24(2)14-13-23/h6,10-12,16,18,22H,3-5,7-9,13-15,17H2,1-2H3/t22-,23-/m0/s1. The molecule has 1 aromatic carbocycles. The highest BCUT2D eigenvalue weighted by molar-refractivity contribution is 5.48. The molecule has 4 rings (SSSR count). The molecule has 3 aliphatic rings. The van der Waals surface area contributed by atoms with Gasteiger partial charge in [0.1, 0.15) is 0 Å². The van der Waals surface area contributed by atoms with Crippen molar-refractivity contribution in [3.05, 3.63) is 35.9 Å². The molecule has 1 aromatic rings. The number of hydrogen-bond donors (Lipinski definition) is 0. The maximum Gasteiger partial charge on any atom is 0.161 e. The lowest BCUT2D eigenvalue weighted by Crippen LogP contribution is -2.41. The molecule has 142 valence electrons. The Morgan fingerprint density at radius 2 is 2.04 bits per heavy atom. The van der Waals surface area contributed by atoms with Crippen molar-refractivity contribution in [3.63, 3.8) is 0 Å². The van der Waals surface area contributed by atoms with Gasteiger partial charge in [0.25, 0.3) is 0 Å². The van der Waals surface area contributed by atoms with E-state index in [4.69, 9.17) is 9.47 Å². The maximum absolute atomic E-state index is 6.17. The molecular weight excluding hydrogens is 322 g/mol. The molecule has 2 fully saturated rings. The van der Waals surface area contributed by atoms with Crippen molar-refractivity contribution < 1.29 is 9.47 Å². The molecule has 2 atom stereocenters. The lowest BCUT2D eigenvalue weighted by Gasteiger charge is -2.38. The van der Waals surface area contributed by atoms with Gasteiger partial charge in [0.2, 0.25) is 0 Å². The highest BCUT2D eigenvalue weighted by Gasteiger charge is 2.46. The summed E-state index contributed by atoms with van der Waals surface area (Å²) in [6, 6.07) is 7.33. The number of likely N-dealkylation sites (tertiary alicyclic amines) is 1. The van der Waals surface area contributed by atoms with Gasteiger partial charge in [-0.05, 0) is 75.7 Å². The molecule has 0 amide bonds. The van der Waals surface area contributed by atoms with E-state index in [-0.39, 0.29) is 5.41 Å². The van der Waals surface area contributed by atoms with Crippen LogP contribution >= 0.6 is 0 Å². The van der Waals surface area contributed by atoms with E-state index in [9.17, 15) is 0 Å². The van der Waals surface area contributed by atoms with Crippen LogP contribution in [0.25, 0.3) is 0 Å². The van der Waals surface area contributed by atoms with E-state index in [2.05, 4.69) is 49.2 Å². The molecule has 2 aliphatic carbocycles. The maximum atomic E-state index is 6.17. The number of unbranched alkanes of at least 4 members (excludes halogenated alkanes) is 1. The fourth-order valence-corrected chi connectivity index (χ4v) is 4.58. The van der Waals surface area contributed by atoms with Crippen molar-refractivity contribution in [1.29, 1.82) is 0 Å². The highest BCUT2D eigenvalue weighted by Crippen LogP contribution is 2.47. The van der Waals surface area contributed by atoms with E-state index < -0.39 is 0 Å². The minimum absolute atomic E-state index is 0.144. The van der Waals surface area contributed by atoms with Crippen LogP contribution in [0.15, 0.2) is 30.4 Å². The van der Waals surface area contributed by atoms with Crippen LogP contribution in [0.5, 0.6) is 11.5 Å². The van der Waals surface area contributed by atoms with E-state index >= 15 is 0 Å². The second-order valence-corrected chi connectivity index (χ2v) is 8.38. The van der Waals surface area contributed by atoms with E-state index in [1.54, 1.807) is 0 Å². The molecule has 0 aromatic heterocycles. The molecule has 1 saturated heterocycles. The summed E-state index contributed by atoms with van der Waals surface area (Å²) >= 11 is 0. The Morgan fingerprint density at radius 1 is 1.15 bits per heavy atom. The number of allylic oxidation sites excluding steroid dienone is 1. The Hall–Kier alpha value is -1.48. The summed E-state index contributed by atoms with van der Waals surface area (Å²) in [6.45, 7) is 4.97. The Kier molecular flexibility index (Phi) is 5.26. The minimum Gasteiger partial charge on any atom is -0.490 e. The zero-order chi connectivity index (χ0) is 18.0. The van der Waals surface area contributed by atoms with Gasteiger partial charge in [0.15, 0.2) is 11.5 Å². The van der Waals surface area contributed by atoms with E-state index in [1.807, 2.05) is 0 Å². The third-order valence-electron chi connectivity index (χ3n) is 6.43. The van der Waals surface area contributed by atoms with E-state index in [0.717, 1.165) is 43.5 Å². The van der Waals surface area contributed by atoms with E-state index in [0.29, 0.717) is 6.04 Å². The first kappa shape index (κ1) is 17.9. The summed E-state index contributed by atoms with van der Waals surface area (Å²) in [6.07, 6.45) is 13.4. The SMILES string of the molecule is CCCCOc1cc([C@@]23C=CCC[C@@H]2N(C)CC3)ccc1OCC1CC1. The van der Waals surface area contributed by atoms with Crippen LogP contribution in [0.2, 0.25) is 0 Å². The van der Waals surface area contributed by atoms with Gasteiger partial charge in [0.05, 0.1) is 13.2 Å². The zero-order valence-electron chi connectivity index (χ0n) is 16.4. The molecule has 1 saturated carbocycles. The fraction of sp³-hybridized carbons (Fsp3) is 0.652. The first-order valence-corrected chi connectivity index (χ1v) is 10.5. The summed E-state index contributed by atoms with van der Waals surface area (Å²) in [7, 11) is 2.28. The van der Waals surface area contributed by atoms with Crippen LogP contribution < -0.4 is 9.47 Å². The molecule has 0 spiro atoms. The summed E-state index contributed by atoms with van der Waals surface area (Å²) in [4.78, 5) is 2.54. The second kappa shape index (κ2) is 7.64. The van der Waals surface area contributed by atoms with Crippen LogP contribution in [0, 0.1) is 5.92 Å². The zero-order valence-corrected chi connectivity index (χ0v) is 16.4. The number of nitrogens with zero attached hydrogens (tertiary/aromatic N) is 1. The average molecular weight is 356 g/mol. The summed E-state index contributed by atoms with van der Waals surface area (Å²) in [5.41, 5.74) is 1.54. The molecule has 0 radical (unpaired) electrons. The Bertz CT molecular complexity index is 652. The minimum atomic E-state index is 0.144. The van der Waals surface area contributed by atoms with Gasteiger partial charge < -0.3 is 14.4 Å². The third-order valence-corrected chi connectivity index (χ3v) is 6.43. The van der Waals surface area contributed by atoms with Crippen molar-refractivity contribution in [1.82, 2.24) is 4.90 Å². The molecule has 26 heavy (non-hydrogen) atoms. The van der Waals surface area contributed by atoms with Crippen LogP contribution in [-0.4, -0.2) is 37.7 Å². The highest BCUT2D eigenvalue weighted by atomic mass is 16.5. The predicted octanol–water partition coefficient (Wildman–Crippen LogP) is 4.95. The Balaban J connectivity index is 1.61. The summed E-state index contributed by atoms with van der Waals surface area (Å²) < 4.78 is 12.3. The van der Waals surface area contributed by atoms with Crippen molar-refractivity contribution in [2.45, 2.75) is 63.3 Å². The van der Waals surface area contributed by atoms with E-state index in [1.165, 1.54) is 44.2 Å². The predicted molar refractivity (Wildman–Crippen MR) is 106 cm³/mol. The number of rotatable bonds is 8. The topological polar surface area (TPSA) is 21.7 Å². The molecule has 0 N–H and O–H groups in total. The summed E-state index contributed by atoms with van der Waals surface area (Å²) in [5, 5.41) is 0. The number of fused-ring (bicyclic) bond motifs is 1. The third kappa shape index (κ3) is 3.51. The second-order valence-electron chi connectivity index (χ2n) is 8.38. The van der Waals surface area contributed by atoms with Gasteiger partial charge in [0, 0.05) is 11.5 Å². The lowest BCUT2D eigenvalue weighted by molar-refractivity contribution is 0.245. The van der Waals surface area contributed by atoms with Crippen molar-refractivity contribution in [2.75, 3.05) is 26.8 Å². The molecule has 3 heteroatoms. The number of benzene rings is 1. The van der Waals surface area contributed by atoms with Gasteiger partial charge in [-0.25, -0.2) is 0 Å². The number of likely N-dealkylation sites (N-methyl/N-ethyl adjacent to an activating group) is 1. The smallest absolute Gasteiger partial charge is 0.161 e. The molecular formula is C23H33NO2. The van der Waals surface area contributed by atoms with Crippen molar-refractivity contribution in [2.24, 2.45) is 5.92 Å². The van der Waals surface area contributed by atoms with Gasteiger partial charge in [-0.3, -0.25) is 0 Å². The normalized spacial score (nSPS) is 28.2. The van der Waals surface area contributed by atoms with Gasteiger partial charge in [-0.2, -0.15) is 0 Å². The van der Waals surface area contributed by atoms with Crippen LogP contribution in [0.1, 0.15) is 57.4 Å². The molecule has 0 bridgehead atoms. The summed E-state index contributed by atoms with van der Waals surface area (Å²) in [5.74, 6) is 2.62. The Labute approximate surface area is 158 Å². The van der Waals surface area contributed by atoms with Gasteiger partial charge >= 0.3 is 0 Å². The number of ether oxygens (including phenoxy) is 2. The quantitative estimate of drug-likeness (QED) is 0.487. The monoisotopic (exact) mass is 355 g/mol. The van der Waals surface area contributed by atoms with Crippen LogP contribution in [0.4, 0.5) is 0 Å². The van der Waals surface area contributed by atoms with Crippen molar-refractivity contribution in [3.8, 4) is 11.5 Å². The van der Waals surface area contributed by atoms with Crippen molar-refractivity contribution >= 4 is 0 Å². The molecule has 0 unspecified atom stereocenters. The fourth-order valence-electron chi connectivity index (χ4n) is 4.58. The first-order valence-electron chi connectivity index (χ1n) is 10.5. The van der Waals surface area contributed by atoms with Gasteiger partial charge in [-0.1, -0.05) is 31.6 Å². The van der Waals surface area contributed by atoms with Crippen LogP contribution in [-0.2, 0) is 5.41 Å². The molecule has 1 heterocycles. The largest absolute Gasteiger partial charge is 0.490 e. The average Bonchev–Trinajstić information content (AvgIpc) is 3.44. The van der Waals surface area contributed by atoms with Crippen LogP contribution in [0.3, 0.4) is 0 Å². The molecule has 3 nitrogen and oxygen atoms in total. The number of hydrogen-bond acceptors (Lipinski definition) is 3. The van der Waals surface area contributed by atoms with Gasteiger partial charge in [-0.15, -0.1) is 0 Å². The first-order chi connectivity index (χ1) is 12.7. The Morgan fingerprint density at radius 3 is 2.85 bits per heavy atom. The molecule has 1 aliphatic heterocycles.